The molecule has 0 spiro atoms. The van der Waals surface area contributed by atoms with Crippen LogP contribution in [-0.2, 0) is 6.54 Å². The van der Waals surface area contributed by atoms with Crippen molar-refractivity contribution in [1.82, 2.24) is 10.2 Å². The minimum absolute atomic E-state index is 0.634. The highest BCUT2D eigenvalue weighted by Crippen LogP contribution is 2.17. The van der Waals surface area contributed by atoms with Crippen molar-refractivity contribution >= 4 is 5.69 Å². The summed E-state index contributed by atoms with van der Waals surface area (Å²) in [6.45, 7) is 5.98. The zero-order chi connectivity index (χ0) is 13.6. The fraction of sp³-hybridized carbons (Fsp3) is 0.647. The molecule has 0 aromatic heterocycles. The van der Waals surface area contributed by atoms with E-state index in [0.717, 1.165) is 13.1 Å². The fourth-order valence-corrected chi connectivity index (χ4v) is 3.30. The minimum Gasteiger partial charge on any atom is -0.382 e. The molecule has 2 saturated heterocycles. The van der Waals surface area contributed by atoms with Crippen molar-refractivity contribution in [3.63, 3.8) is 0 Å². The number of hydrogen-bond acceptors (Lipinski definition) is 3. The van der Waals surface area contributed by atoms with E-state index in [9.17, 15) is 0 Å². The van der Waals surface area contributed by atoms with E-state index in [2.05, 4.69) is 39.8 Å². The van der Waals surface area contributed by atoms with E-state index in [-0.39, 0.29) is 0 Å². The lowest BCUT2D eigenvalue weighted by molar-refractivity contribution is 0.331. The molecule has 0 aliphatic carbocycles. The van der Waals surface area contributed by atoms with Crippen molar-refractivity contribution in [2.75, 3.05) is 31.5 Å². The molecule has 0 bridgehead atoms. The maximum Gasteiger partial charge on any atom is 0.0342 e. The first-order valence-corrected chi connectivity index (χ1v) is 8.19. The monoisotopic (exact) mass is 273 g/mol. The molecule has 2 heterocycles. The van der Waals surface area contributed by atoms with Crippen LogP contribution in [0, 0.1) is 0 Å². The molecule has 3 nitrogen and oxygen atoms in total. The zero-order valence-corrected chi connectivity index (χ0v) is 12.4. The van der Waals surface area contributed by atoms with Crippen LogP contribution in [0.4, 0.5) is 5.69 Å². The van der Waals surface area contributed by atoms with E-state index in [1.54, 1.807) is 0 Å². The van der Waals surface area contributed by atoms with Gasteiger partial charge in [0, 0.05) is 18.3 Å². The van der Waals surface area contributed by atoms with Gasteiger partial charge in [-0.3, -0.25) is 4.90 Å². The molecule has 2 N–H and O–H groups in total. The van der Waals surface area contributed by atoms with E-state index >= 15 is 0 Å². The van der Waals surface area contributed by atoms with E-state index < -0.39 is 0 Å². The van der Waals surface area contributed by atoms with E-state index in [1.165, 1.54) is 63.0 Å². The van der Waals surface area contributed by atoms with Crippen LogP contribution in [0.3, 0.4) is 0 Å². The molecular formula is C17H27N3. The lowest BCUT2D eigenvalue weighted by atomic mass is 10.1. The van der Waals surface area contributed by atoms with Gasteiger partial charge in [0.05, 0.1) is 0 Å². The Kier molecular flexibility index (Phi) is 4.93. The van der Waals surface area contributed by atoms with Gasteiger partial charge in [0.15, 0.2) is 0 Å². The Morgan fingerprint density at radius 2 is 1.80 bits per heavy atom. The first-order chi connectivity index (χ1) is 9.90. The van der Waals surface area contributed by atoms with Gasteiger partial charge >= 0.3 is 0 Å². The second kappa shape index (κ2) is 7.09. The number of benzene rings is 1. The summed E-state index contributed by atoms with van der Waals surface area (Å²) in [6.07, 6.45) is 6.54. The predicted molar refractivity (Wildman–Crippen MR) is 85.1 cm³/mol. The van der Waals surface area contributed by atoms with Crippen LogP contribution < -0.4 is 10.6 Å². The number of hydrogen-bond donors (Lipinski definition) is 2. The topological polar surface area (TPSA) is 27.3 Å². The van der Waals surface area contributed by atoms with Crippen molar-refractivity contribution in [2.45, 2.75) is 44.7 Å². The summed E-state index contributed by atoms with van der Waals surface area (Å²) in [5.74, 6) is 0. The highest BCUT2D eigenvalue weighted by Gasteiger charge is 2.13. The Bertz CT molecular complexity index is 387. The van der Waals surface area contributed by atoms with Gasteiger partial charge in [-0.15, -0.1) is 0 Å². The molecule has 2 fully saturated rings. The SMILES string of the molecule is c1cc(NC2CCCNCC2)ccc1CN1CCCC1. The van der Waals surface area contributed by atoms with Gasteiger partial charge in [-0.1, -0.05) is 12.1 Å². The first kappa shape index (κ1) is 13.9. The molecule has 1 atom stereocenters. The van der Waals surface area contributed by atoms with Crippen LogP contribution in [0.2, 0.25) is 0 Å². The summed E-state index contributed by atoms with van der Waals surface area (Å²) >= 11 is 0. The van der Waals surface area contributed by atoms with Crippen LogP contribution in [-0.4, -0.2) is 37.1 Å². The van der Waals surface area contributed by atoms with E-state index in [0.29, 0.717) is 6.04 Å². The zero-order valence-electron chi connectivity index (χ0n) is 12.4. The molecule has 3 heteroatoms. The minimum atomic E-state index is 0.634. The van der Waals surface area contributed by atoms with Crippen LogP contribution in [0.25, 0.3) is 0 Å². The first-order valence-electron chi connectivity index (χ1n) is 8.19. The second-order valence-corrected chi connectivity index (χ2v) is 6.20. The molecule has 2 aliphatic heterocycles. The summed E-state index contributed by atoms with van der Waals surface area (Å²) in [4.78, 5) is 2.55. The smallest absolute Gasteiger partial charge is 0.0342 e. The quantitative estimate of drug-likeness (QED) is 0.883. The maximum atomic E-state index is 3.69. The van der Waals surface area contributed by atoms with Crippen molar-refractivity contribution in [1.29, 1.82) is 0 Å². The van der Waals surface area contributed by atoms with Gasteiger partial charge in [0.25, 0.3) is 0 Å². The number of nitrogens with one attached hydrogen (secondary N) is 2. The second-order valence-electron chi connectivity index (χ2n) is 6.20. The summed E-state index contributed by atoms with van der Waals surface area (Å²) in [6, 6.07) is 9.72. The lowest BCUT2D eigenvalue weighted by Gasteiger charge is -2.18. The van der Waals surface area contributed by atoms with Gasteiger partial charge in [0.1, 0.15) is 0 Å². The standard InChI is InChI=1S/C17H27N3/c1-2-13-20(12-1)14-15-5-7-17(8-6-15)19-16-4-3-10-18-11-9-16/h5-8,16,18-19H,1-4,9-14H2. The van der Waals surface area contributed by atoms with E-state index in [4.69, 9.17) is 0 Å². The number of anilines is 1. The van der Waals surface area contributed by atoms with Crippen molar-refractivity contribution in [2.24, 2.45) is 0 Å². The van der Waals surface area contributed by atoms with Crippen LogP contribution >= 0.6 is 0 Å². The van der Waals surface area contributed by atoms with E-state index in [1.807, 2.05) is 0 Å². The van der Waals surface area contributed by atoms with Gasteiger partial charge in [-0.25, -0.2) is 0 Å². The van der Waals surface area contributed by atoms with Gasteiger partial charge in [-0.2, -0.15) is 0 Å². The predicted octanol–water partition coefficient (Wildman–Crippen LogP) is 2.84. The van der Waals surface area contributed by atoms with Crippen molar-refractivity contribution < 1.29 is 0 Å². The largest absolute Gasteiger partial charge is 0.382 e. The Morgan fingerprint density at radius 3 is 2.60 bits per heavy atom. The average molecular weight is 273 g/mol. The summed E-state index contributed by atoms with van der Waals surface area (Å²) in [5, 5.41) is 7.16. The Balaban J connectivity index is 1.52. The molecule has 110 valence electrons. The van der Waals surface area contributed by atoms with Gasteiger partial charge in [0.2, 0.25) is 0 Å². The Morgan fingerprint density at radius 1 is 1.00 bits per heavy atom. The summed E-state index contributed by atoms with van der Waals surface area (Å²) in [7, 11) is 0. The molecule has 1 aromatic rings. The highest BCUT2D eigenvalue weighted by atomic mass is 15.1. The molecular weight excluding hydrogens is 246 g/mol. The molecule has 20 heavy (non-hydrogen) atoms. The molecule has 1 unspecified atom stereocenters. The molecule has 0 amide bonds. The van der Waals surface area contributed by atoms with Crippen molar-refractivity contribution in [3.05, 3.63) is 29.8 Å². The van der Waals surface area contributed by atoms with Crippen LogP contribution in [0.5, 0.6) is 0 Å². The van der Waals surface area contributed by atoms with Crippen molar-refractivity contribution in [3.8, 4) is 0 Å². The Hall–Kier alpha value is -1.06. The third kappa shape index (κ3) is 3.97. The summed E-state index contributed by atoms with van der Waals surface area (Å²) in [5.41, 5.74) is 2.72. The third-order valence-electron chi connectivity index (χ3n) is 4.51. The number of rotatable bonds is 4. The number of likely N-dealkylation sites (tertiary alicyclic amines) is 1. The maximum absolute atomic E-state index is 3.69. The molecule has 0 saturated carbocycles. The van der Waals surface area contributed by atoms with Gasteiger partial charge < -0.3 is 10.6 Å². The molecule has 2 aliphatic rings. The Labute approximate surface area is 122 Å². The van der Waals surface area contributed by atoms with Gasteiger partial charge in [-0.05, 0) is 76.0 Å². The fourth-order valence-electron chi connectivity index (χ4n) is 3.30. The molecule has 3 rings (SSSR count). The molecule has 1 aromatic carbocycles. The normalized spacial score (nSPS) is 24.5. The average Bonchev–Trinajstić information content (AvgIpc) is 2.84. The number of nitrogens with zero attached hydrogens (tertiary/aromatic N) is 1. The van der Waals surface area contributed by atoms with Crippen LogP contribution in [0.1, 0.15) is 37.7 Å². The molecule has 0 radical (unpaired) electrons. The lowest BCUT2D eigenvalue weighted by Crippen LogP contribution is -2.21. The third-order valence-corrected chi connectivity index (χ3v) is 4.51. The highest BCUT2D eigenvalue weighted by molar-refractivity contribution is 5.45. The summed E-state index contributed by atoms with van der Waals surface area (Å²) < 4.78 is 0. The van der Waals surface area contributed by atoms with Crippen LogP contribution in [0.15, 0.2) is 24.3 Å².